The Bertz CT molecular complexity index is 276. The number of aromatic nitrogens is 1. The highest BCUT2D eigenvalue weighted by atomic mass is 32.1. The lowest BCUT2D eigenvalue weighted by Gasteiger charge is -2.33. The van der Waals surface area contributed by atoms with Crippen LogP contribution in [-0.4, -0.2) is 11.5 Å². The van der Waals surface area contributed by atoms with Crippen LogP contribution in [0.15, 0.2) is 10.9 Å². The lowest BCUT2D eigenvalue weighted by Crippen LogP contribution is -2.33. The summed E-state index contributed by atoms with van der Waals surface area (Å²) in [6.07, 6.45) is 7.03. The second kappa shape index (κ2) is 5.08. The van der Waals surface area contributed by atoms with Crippen LogP contribution in [0, 0.1) is 5.41 Å². The number of hydrogen-bond donors (Lipinski definition) is 1. The van der Waals surface area contributed by atoms with E-state index >= 15 is 0 Å². The first-order chi connectivity index (χ1) is 7.29. The van der Waals surface area contributed by atoms with Crippen LogP contribution in [0.25, 0.3) is 0 Å². The largest absolute Gasteiger partial charge is 0.311 e. The van der Waals surface area contributed by atoms with E-state index in [9.17, 15) is 0 Å². The van der Waals surface area contributed by atoms with Crippen molar-refractivity contribution in [1.82, 2.24) is 10.3 Å². The molecule has 0 radical (unpaired) electrons. The summed E-state index contributed by atoms with van der Waals surface area (Å²) in [7, 11) is 0. The van der Waals surface area contributed by atoms with E-state index in [0.29, 0.717) is 5.41 Å². The molecule has 1 aliphatic carbocycles. The van der Waals surface area contributed by atoms with Gasteiger partial charge < -0.3 is 5.32 Å². The Balaban J connectivity index is 1.72. The highest BCUT2D eigenvalue weighted by Gasteiger charge is 2.25. The fraction of sp³-hybridized carbons (Fsp3) is 0.750. The molecule has 0 atom stereocenters. The Morgan fingerprint density at radius 3 is 2.87 bits per heavy atom. The average molecular weight is 224 g/mol. The van der Waals surface area contributed by atoms with E-state index in [1.165, 1.54) is 37.8 Å². The summed E-state index contributed by atoms with van der Waals surface area (Å²) in [5.74, 6) is 0. The first-order valence-electron chi connectivity index (χ1n) is 5.86. The molecule has 1 heterocycles. The summed E-state index contributed by atoms with van der Waals surface area (Å²) >= 11 is 1.67. The molecular formula is C12H20N2S. The van der Waals surface area contributed by atoms with Crippen molar-refractivity contribution < 1.29 is 0 Å². The molecule has 0 unspecified atom stereocenters. The SMILES string of the molecule is CC1(CNCc2cscn2)CCCCC1. The predicted octanol–water partition coefficient (Wildman–Crippen LogP) is 3.20. The van der Waals surface area contributed by atoms with E-state index in [2.05, 4.69) is 22.6 Å². The second-order valence-electron chi connectivity index (χ2n) is 4.95. The lowest BCUT2D eigenvalue weighted by molar-refractivity contribution is 0.207. The molecule has 1 N–H and O–H groups in total. The summed E-state index contributed by atoms with van der Waals surface area (Å²) in [4.78, 5) is 4.28. The van der Waals surface area contributed by atoms with Gasteiger partial charge >= 0.3 is 0 Å². The van der Waals surface area contributed by atoms with Gasteiger partial charge in [0.1, 0.15) is 0 Å². The Kier molecular flexibility index (Phi) is 3.76. The molecule has 0 saturated heterocycles. The van der Waals surface area contributed by atoms with E-state index in [1.54, 1.807) is 11.3 Å². The number of nitrogens with zero attached hydrogens (tertiary/aromatic N) is 1. The van der Waals surface area contributed by atoms with Gasteiger partial charge in [-0.1, -0.05) is 26.2 Å². The van der Waals surface area contributed by atoms with Gasteiger partial charge in [0.25, 0.3) is 0 Å². The number of thiazole rings is 1. The van der Waals surface area contributed by atoms with Gasteiger partial charge in [-0.25, -0.2) is 4.98 Å². The van der Waals surface area contributed by atoms with Crippen molar-refractivity contribution in [3.05, 3.63) is 16.6 Å². The van der Waals surface area contributed by atoms with Gasteiger partial charge in [-0.2, -0.15) is 0 Å². The molecule has 3 heteroatoms. The van der Waals surface area contributed by atoms with Crippen LogP contribution >= 0.6 is 11.3 Å². The third kappa shape index (κ3) is 3.28. The van der Waals surface area contributed by atoms with Crippen molar-refractivity contribution in [1.29, 1.82) is 0 Å². The van der Waals surface area contributed by atoms with Crippen molar-refractivity contribution in [2.75, 3.05) is 6.54 Å². The zero-order valence-corrected chi connectivity index (χ0v) is 10.3. The Morgan fingerprint density at radius 1 is 1.40 bits per heavy atom. The number of nitrogens with one attached hydrogen (secondary N) is 1. The normalized spacial score (nSPS) is 20.3. The summed E-state index contributed by atoms with van der Waals surface area (Å²) in [6, 6.07) is 0. The molecule has 0 spiro atoms. The second-order valence-corrected chi connectivity index (χ2v) is 5.67. The number of hydrogen-bond acceptors (Lipinski definition) is 3. The zero-order chi connectivity index (χ0) is 10.6. The highest BCUT2D eigenvalue weighted by Crippen LogP contribution is 2.34. The van der Waals surface area contributed by atoms with E-state index in [1.807, 2.05) is 5.51 Å². The summed E-state index contributed by atoms with van der Waals surface area (Å²) in [6.45, 7) is 4.49. The highest BCUT2D eigenvalue weighted by molar-refractivity contribution is 7.07. The van der Waals surface area contributed by atoms with Crippen molar-refractivity contribution >= 4 is 11.3 Å². The molecule has 2 rings (SSSR count). The fourth-order valence-corrected chi connectivity index (χ4v) is 2.96. The molecule has 0 aliphatic heterocycles. The quantitative estimate of drug-likeness (QED) is 0.849. The molecule has 1 fully saturated rings. The molecule has 84 valence electrons. The standard InChI is InChI=1S/C12H20N2S/c1-12(5-3-2-4-6-12)9-13-7-11-8-15-10-14-11/h8,10,13H,2-7,9H2,1H3. The van der Waals surface area contributed by atoms with Gasteiger partial charge in [0, 0.05) is 18.5 Å². The van der Waals surface area contributed by atoms with Crippen LogP contribution in [0.1, 0.15) is 44.7 Å². The van der Waals surface area contributed by atoms with Gasteiger partial charge in [0.2, 0.25) is 0 Å². The molecular weight excluding hydrogens is 204 g/mol. The van der Waals surface area contributed by atoms with E-state index in [4.69, 9.17) is 0 Å². The molecule has 1 saturated carbocycles. The smallest absolute Gasteiger partial charge is 0.0795 e. The van der Waals surface area contributed by atoms with Crippen LogP contribution in [0.3, 0.4) is 0 Å². The van der Waals surface area contributed by atoms with Gasteiger partial charge in [0.15, 0.2) is 0 Å². The van der Waals surface area contributed by atoms with Crippen molar-refractivity contribution in [2.24, 2.45) is 5.41 Å². The Labute approximate surface area is 96.1 Å². The van der Waals surface area contributed by atoms with Gasteiger partial charge in [-0.3, -0.25) is 0 Å². The topological polar surface area (TPSA) is 24.9 Å². The minimum Gasteiger partial charge on any atom is -0.311 e. The minimum atomic E-state index is 0.536. The van der Waals surface area contributed by atoms with Crippen LogP contribution in [0.2, 0.25) is 0 Å². The molecule has 1 aromatic rings. The van der Waals surface area contributed by atoms with E-state index in [0.717, 1.165) is 13.1 Å². The monoisotopic (exact) mass is 224 g/mol. The molecule has 1 aliphatic rings. The molecule has 15 heavy (non-hydrogen) atoms. The summed E-state index contributed by atoms with van der Waals surface area (Å²) < 4.78 is 0. The third-order valence-corrected chi connectivity index (χ3v) is 4.04. The maximum absolute atomic E-state index is 4.28. The Hall–Kier alpha value is -0.410. The average Bonchev–Trinajstić information content (AvgIpc) is 2.71. The summed E-state index contributed by atoms with van der Waals surface area (Å²) in [5, 5.41) is 5.66. The van der Waals surface area contributed by atoms with Crippen LogP contribution in [0.5, 0.6) is 0 Å². The third-order valence-electron chi connectivity index (χ3n) is 3.40. The van der Waals surface area contributed by atoms with Crippen LogP contribution in [0.4, 0.5) is 0 Å². The Morgan fingerprint density at radius 2 is 2.20 bits per heavy atom. The van der Waals surface area contributed by atoms with E-state index < -0.39 is 0 Å². The van der Waals surface area contributed by atoms with Gasteiger partial charge in [0.05, 0.1) is 11.2 Å². The molecule has 0 amide bonds. The van der Waals surface area contributed by atoms with Crippen LogP contribution in [-0.2, 0) is 6.54 Å². The van der Waals surface area contributed by atoms with Crippen molar-refractivity contribution in [3.8, 4) is 0 Å². The first-order valence-corrected chi connectivity index (χ1v) is 6.81. The minimum absolute atomic E-state index is 0.536. The van der Waals surface area contributed by atoms with E-state index in [-0.39, 0.29) is 0 Å². The first kappa shape index (κ1) is 11.1. The van der Waals surface area contributed by atoms with Crippen molar-refractivity contribution in [3.63, 3.8) is 0 Å². The van der Waals surface area contributed by atoms with Crippen LogP contribution < -0.4 is 5.32 Å². The van der Waals surface area contributed by atoms with Gasteiger partial charge in [-0.05, 0) is 18.3 Å². The summed E-state index contributed by atoms with van der Waals surface area (Å²) in [5.41, 5.74) is 3.62. The lowest BCUT2D eigenvalue weighted by atomic mass is 9.76. The maximum Gasteiger partial charge on any atom is 0.0795 e. The van der Waals surface area contributed by atoms with Gasteiger partial charge in [-0.15, -0.1) is 11.3 Å². The van der Waals surface area contributed by atoms with Crippen molar-refractivity contribution in [2.45, 2.75) is 45.6 Å². The molecule has 2 nitrogen and oxygen atoms in total. The maximum atomic E-state index is 4.28. The molecule has 1 aromatic heterocycles. The fourth-order valence-electron chi connectivity index (χ4n) is 2.40. The molecule has 0 bridgehead atoms. The molecule has 0 aromatic carbocycles. The number of rotatable bonds is 4. The predicted molar refractivity (Wildman–Crippen MR) is 65.0 cm³/mol. The zero-order valence-electron chi connectivity index (χ0n) is 9.46.